The number of rotatable bonds is 2. The van der Waals surface area contributed by atoms with E-state index in [9.17, 15) is 13.6 Å². The van der Waals surface area contributed by atoms with Gasteiger partial charge in [-0.25, -0.2) is 13.6 Å². The predicted molar refractivity (Wildman–Crippen MR) is 57.4 cm³/mol. The lowest BCUT2D eigenvalue weighted by molar-refractivity contribution is 0.0601. The van der Waals surface area contributed by atoms with E-state index in [1.54, 1.807) is 0 Å². The van der Waals surface area contributed by atoms with Gasteiger partial charge in [0.05, 0.1) is 23.2 Å². The number of aromatic amines is 1. The minimum Gasteiger partial charge on any atom is -0.465 e. The van der Waals surface area contributed by atoms with E-state index in [0.29, 0.717) is 0 Å². The zero-order valence-corrected chi connectivity index (χ0v) is 9.39. The molecule has 4 nitrogen and oxygen atoms in total. The lowest BCUT2D eigenvalue weighted by Gasteiger charge is -2.02. The Labute approximate surface area is 99.5 Å². The Morgan fingerprint density at radius 1 is 1.53 bits per heavy atom. The normalized spacial score (nSPS) is 11.1. The van der Waals surface area contributed by atoms with Crippen molar-refractivity contribution in [1.29, 1.82) is 0 Å². The summed E-state index contributed by atoms with van der Waals surface area (Å²) in [6, 6.07) is 2.58. The zero-order chi connectivity index (χ0) is 12.6. The fourth-order valence-corrected chi connectivity index (χ4v) is 1.72. The Hall–Kier alpha value is -1.69. The number of carbonyl (C=O) groups is 1. The molecule has 1 aromatic heterocycles. The average Bonchev–Trinajstić information content (AvgIpc) is 2.69. The van der Waals surface area contributed by atoms with Gasteiger partial charge in [0.2, 0.25) is 0 Å². The van der Waals surface area contributed by atoms with E-state index in [0.717, 1.165) is 0 Å². The van der Waals surface area contributed by atoms with Crippen LogP contribution in [0.5, 0.6) is 0 Å². The van der Waals surface area contributed by atoms with Crippen LogP contribution in [0.2, 0.25) is 5.02 Å². The van der Waals surface area contributed by atoms with Crippen molar-refractivity contribution < 1.29 is 18.3 Å². The van der Waals surface area contributed by atoms with E-state index in [1.165, 1.54) is 19.2 Å². The minimum absolute atomic E-state index is 0.0488. The molecule has 0 bridgehead atoms. The second kappa shape index (κ2) is 4.29. The van der Waals surface area contributed by atoms with Crippen molar-refractivity contribution in [1.82, 2.24) is 10.2 Å². The first kappa shape index (κ1) is 11.8. The van der Waals surface area contributed by atoms with Gasteiger partial charge in [-0.15, -0.1) is 0 Å². The van der Waals surface area contributed by atoms with E-state index < -0.39 is 12.4 Å². The van der Waals surface area contributed by atoms with Crippen LogP contribution in [0, 0.1) is 0 Å². The lowest BCUT2D eigenvalue weighted by Crippen LogP contribution is -2.01. The maximum Gasteiger partial charge on any atom is 0.339 e. The fraction of sp³-hybridized carbons (Fsp3) is 0.200. The molecule has 0 aliphatic carbocycles. The number of benzene rings is 1. The molecule has 2 aromatic rings. The molecule has 0 fully saturated rings. The van der Waals surface area contributed by atoms with Crippen LogP contribution >= 0.6 is 11.6 Å². The predicted octanol–water partition coefficient (Wildman–Crippen LogP) is 2.94. The number of H-pyrrole nitrogens is 1. The minimum atomic E-state index is -2.68. The summed E-state index contributed by atoms with van der Waals surface area (Å²) < 4.78 is 29.7. The van der Waals surface area contributed by atoms with Crippen LogP contribution in [0.25, 0.3) is 10.9 Å². The zero-order valence-electron chi connectivity index (χ0n) is 8.63. The van der Waals surface area contributed by atoms with Crippen LogP contribution in [0.3, 0.4) is 0 Å². The van der Waals surface area contributed by atoms with Gasteiger partial charge < -0.3 is 4.74 Å². The first-order valence-corrected chi connectivity index (χ1v) is 4.96. The van der Waals surface area contributed by atoms with Gasteiger partial charge in [0.25, 0.3) is 6.43 Å². The maximum atomic E-state index is 12.6. The first-order valence-electron chi connectivity index (χ1n) is 4.58. The molecule has 1 N–H and O–H groups in total. The summed E-state index contributed by atoms with van der Waals surface area (Å²) in [5.74, 6) is -0.640. The highest BCUT2D eigenvalue weighted by atomic mass is 35.5. The standard InChI is InChI=1S/C10H7ClF2N2O2/c1-17-10(16)4-3-7-5(2-6(4)11)8(9(12)13)15-14-7/h2-3,9H,1H3,(H,14,15). The summed E-state index contributed by atoms with van der Waals surface area (Å²) in [6.45, 7) is 0. The number of esters is 1. The molecule has 2 rings (SSSR count). The van der Waals surface area contributed by atoms with Gasteiger partial charge in [-0.3, -0.25) is 5.10 Å². The third kappa shape index (κ3) is 1.95. The van der Waals surface area contributed by atoms with Gasteiger partial charge in [0.1, 0.15) is 5.69 Å². The van der Waals surface area contributed by atoms with Gasteiger partial charge in [0, 0.05) is 5.39 Å². The Balaban J connectivity index is 2.64. The molecular weight excluding hydrogens is 254 g/mol. The number of carbonyl (C=O) groups excluding carboxylic acids is 1. The van der Waals surface area contributed by atoms with Gasteiger partial charge in [-0.2, -0.15) is 5.10 Å². The molecule has 0 aliphatic rings. The largest absolute Gasteiger partial charge is 0.465 e. The molecule has 0 radical (unpaired) electrons. The van der Waals surface area contributed by atoms with Gasteiger partial charge >= 0.3 is 5.97 Å². The van der Waals surface area contributed by atoms with Crippen molar-refractivity contribution in [2.45, 2.75) is 6.43 Å². The van der Waals surface area contributed by atoms with E-state index >= 15 is 0 Å². The molecule has 0 saturated carbocycles. The smallest absolute Gasteiger partial charge is 0.339 e. The summed E-state index contributed by atoms with van der Waals surface area (Å²) >= 11 is 5.82. The Morgan fingerprint density at radius 3 is 2.82 bits per heavy atom. The highest BCUT2D eigenvalue weighted by Gasteiger charge is 2.19. The number of alkyl halides is 2. The summed E-state index contributed by atoms with van der Waals surface area (Å²) in [5, 5.41) is 6.14. The van der Waals surface area contributed by atoms with Crippen LogP contribution in [0.15, 0.2) is 12.1 Å². The highest BCUT2D eigenvalue weighted by Crippen LogP contribution is 2.30. The van der Waals surface area contributed by atoms with Crippen LogP contribution in [0.1, 0.15) is 22.5 Å². The third-order valence-corrected chi connectivity index (χ3v) is 2.61. The molecule has 0 saturated heterocycles. The third-order valence-electron chi connectivity index (χ3n) is 2.30. The van der Waals surface area contributed by atoms with Gasteiger partial charge in [-0.1, -0.05) is 11.6 Å². The summed E-state index contributed by atoms with van der Waals surface area (Å²) in [4.78, 5) is 11.3. The highest BCUT2D eigenvalue weighted by molar-refractivity contribution is 6.34. The second-order valence-electron chi connectivity index (χ2n) is 3.28. The van der Waals surface area contributed by atoms with E-state index in [-0.39, 0.29) is 27.2 Å². The number of hydrogen-bond acceptors (Lipinski definition) is 3. The van der Waals surface area contributed by atoms with E-state index in [4.69, 9.17) is 11.6 Å². The van der Waals surface area contributed by atoms with Crippen LogP contribution in [-0.4, -0.2) is 23.3 Å². The summed E-state index contributed by atoms with van der Waals surface area (Å²) in [6.07, 6.45) is -2.68. The van der Waals surface area contributed by atoms with Gasteiger partial charge in [-0.05, 0) is 12.1 Å². The van der Waals surface area contributed by atoms with Crippen LogP contribution in [-0.2, 0) is 4.74 Å². The number of methoxy groups -OCH3 is 1. The van der Waals surface area contributed by atoms with Crippen molar-refractivity contribution in [3.63, 3.8) is 0 Å². The average molecular weight is 261 g/mol. The lowest BCUT2D eigenvalue weighted by atomic mass is 10.1. The second-order valence-corrected chi connectivity index (χ2v) is 3.69. The van der Waals surface area contributed by atoms with Crippen molar-refractivity contribution in [2.24, 2.45) is 0 Å². The van der Waals surface area contributed by atoms with Crippen LogP contribution in [0.4, 0.5) is 8.78 Å². The van der Waals surface area contributed by atoms with Crippen molar-refractivity contribution in [3.05, 3.63) is 28.4 Å². The Morgan fingerprint density at radius 2 is 2.24 bits per heavy atom. The van der Waals surface area contributed by atoms with Gasteiger partial charge in [0.15, 0.2) is 0 Å². The number of hydrogen-bond donors (Lipinski definition) is 1. The Bertz CT molecular complexity index is 583. The topological polar surface area (TPSA) is 55.0 Å². The number of ether oxygens (including phenoxy) is 1. The van der Waals surface area contributed by atoms with Crippen molar-refractivity contribution in [2.75, 3.05) is 7.11 Å². The molecule has 17 heavy (non-hydrogen) atoms. The molecule has 0 amide bonds. The maximum absolute atomic E-state index is 12.6. The quantitative estimate of drug-likeness (QED) is 0.845. The molecule has 7 heteroatoms. The number of nitrogens with zero attached hydrogens (tertiary/aromatic N) is 1. The van der Waals surface area contributed by atoms with Crippen molar-refractivity contribution >= 4 is 28.5 Å². The molecular formula is C10H7ClF2N2O2. The monoisotopic (exact) mass is 260 g/mol. The number of nitrogens with one attached hydrogen (secondary N) is 1. The molecule has 1 heterocycles. The van der Waals surface area contributed by atoms with E-state index in [1.807, 2.05) is 0 Å². The molecule has 0 unspecified atom stereocenters. The summed E-state index contributed by atoms with van der Waals surface area (Å²) in [7, 11) is 1.21. The van der Waals surface area contributed by atoms with E-state index in [2.05, 4.69) is 14.9 Å². The molecule has 0 spiro atoms. The number of halogens is 3. The molecule has 0 atom stereocenters. The molecule has 0 aliphatic heterocycles. The number of fused-ring (bicyclic) bond motifs is 1. The first-order chi connectivity index (χ1) is 8.04. The molecule has 90 valence electrons. The van der Waals surface area contributed by atoms with Crippen LogP contribution < -0.4 is 0 Å². The fourth-order valence-electron chi connectivity index (χ4n) is 1.48. The summed E-state index contributed by atoms with van der Waals surface area (Å²) in [5.41, 5.74) is 0.0115. The SMILES string of the molecule is COC(=O)c1cc2n[nH]c(C(F)F)c2cc1Cl. The Kier molecular flexibility index (Phi) is 2.97. The number of aromatic nitrogens is 2. The van der Waals surface area contributed by atoms with Crippen molar-refractivity contribution in [3.8, 4) is 0 Å². The molecule has 1 aromatic carbocycles.